The van der Waals surface area contributed by atoms with E-state index in [2.05, 4.69) is 0 Å². The Morgan fingerprint density at radius 2 is 1.16 bits per heavy atom. The zero-order valence-corrected chi connectivity index (χ0v) is 35.0. The van der Waals surface area contributed by atoms with E-state index in [-0.39, 0.29) is 121 Å². The van der Waals surface area contributed by atoms with E-state index in [4.69, 9.17) is 23.2 Å². The smallest absolute Gasteiger partial charge is 0.748 e. The van der Waals surface area contributed by atoms with Gasteiger partial charge in [0.2, 0.25) is 0 Å². The molecule has 0 bridgehead atoms. The summed E-state index contributed by atoms with van der Waals surface area (Å²) >= 11 is 12.0. The summed E-state index contributed by atoms with van der Waals surface area (Å²) in [6.07, 6.45) is -6.33. The number of benzene rings is 2. The van der Waals surface area contributed by atoms with Gasteiger partial charge in [-0.3, -0.25) is 0 Å². The Hall–Kier alpha value is -0.900. The molecule has 0 N–H and O–H groups in total. The fourth-order valence-electron chi connectivity index (χ4n) is 5.89. The largest absolute Gasteiger partial charge is 1.00 e. The molecule has 51 heavy (non-hydrogen) atoms. The van der Waals surface area contributed by atoms with Gasteiger partial charge in [-0.05, 0) is 63.1 Å². The molecule has 0 spiro atoms. The Kier molecular flexibility index (Phi) is 16.1. The second-order valence-corrected chi connectivity index (χ2v) is 14.9. The summed E-state index contributed by atoms with van der Waals surface area (Å²) in [4.78, 5) is 6.20. The van der Waals surface area contributed by atoms with Crippen LogP contribution in [0.4, 0.5) is 49.1 Å². The Morgan fingerprint density at radius 1 is 0.706 bits per heavy atom. The van der Waals surface area contributed by atoms with Crippen molar-refractivity contribution in [1.82, 2.24) is 0 Å². The minimum atomic E-state index is -4.82. The molecule has 1 unspecified atom stereocenters. The third-order valence-electron chi connectivity index (χ3n) is 7.89. The van der Waals surface area contributed by atoms with Crippen LogP contribution in [-0.4, -0.2) is 69.8 Å². The quantitative estimate of drug-likeness (QED) is 0.171. The van der Waals surface area contributed by atoms with E-state index in [9.17, 15) is 52.3 Å². The SMILES string of the molecule is CCN1C(=CC=CC2N(CC)c3cc(Cl)c(C(F)(F)F)cc3N2CCCS(=O)(=O)[O-])N(CCCS(=O)(=O)[O-])c2cc(C(F)(F)F)c(Cl)cc21.[Na+].[Na+]. The van der Waals surface area contributed by atoms with Crippen molar-refractivity contribution in [1.29, 1.82) is 0 Å². The Morgan fingerprint density at radius 3 is 1.63 bits per heavy atom. The molecule has 4 rings (SSSR count). The van der Waals surface area contributed by atoms with Crippen molar-refractivity contribution in [2.75, 3.05) is 57.3 Å². The molecule has 2 aromatic carbocycles. The molecule has 2 aromatic rings. The first-order valence-corrected chi connectivity index (χ1v) is 18.6. The van der Waals surface area contributed by atoms with E-state index in [1.165, 1.54) is 22.0 Å². The Bertz CT molecular complexity index is 1870. The fourth-order valence-corrected chi connectivity index (χ4v) is 7.39. The Balaban J connectivity index is 0.00000451. The van der Waals surface area contributed by atoms with Gasteiger partial charge < -0.3 is 28.7 Å². The third-order valence-corrected chi connectivity index (χ3v) is 10.1. The number of halogens is 8. The third kappa shape index (κ3) is 11.1. The average Bonchev–Trinajstić information content (AvgIpc) is 3.39. The zero-order chi connectivity index (χ0) is 36.7. The number of hydrogen-bond donors (Lipinski definition) is 0. The van der Waals surface area contributed by atoms with Gasteiger partial charge in [0, 0.05) is 37.7 Å². The van der Waals surface area contributed by atoms with Crippen molar-refractivity contribution in [2.24, 2.45) is 0 Å². The number of anilines is 4. The standard InChI is InChI=1S/C29H32Cl2F6N4O6S2.2Na/c1-3-38-24-16-20(30)18(28(32,33)34)14-22(24)40(10-6-12-48(42,43)44)26(38)8-5-9-27-39(4-2)25-17-21(31)19(29(35,36)37)15-23(25)41(27)11-7-13-49(45,46)47;;/h5,8-9,14-17,26H,3-4,6-7,10-13H2,1-2H3,(H,42,43,44)(H,45,46,47);;/q;2*+1/p-2. The van der Waals surface area contributed by atoms with E-state index >= 15 is 0 Å². The summed E-state index contributed by atoms with van der Waals surface area (Å²) in [6, 6.07) is 3.95. The molecule has 0 aliphatic carbocycles. The predicted molar refractivity (Wildman–Crippen MR) is 173 cm³/mol. The van der Waals surface area contributed by atoms with Gasteiger partial charge in [-0.15, -0.1) is 0 Å². The van der Waals surface area contributed by atoms with Crippen LogP contribution in [0.1, 0.15) is 37.8 Å². The van der Waals surface area contributed by atoms with Gasteiger partial charge in [0.1, 0.15) is 12.0 Å². The van der Waals surface area contributed by atoms with Crippen LogP contribution in [0, 0.1) is 0 Å². The van der Waals surface area contributed by atoms with Crippen LogP contribution in [0.5, 0.6) is 0 Å². The maximum atomic E-state index is 13.8. The van der Waals surface area contributed by atoms with Gasteiger partial charge in [0.25, 0.3) is 0 Å². The van der Waals surface area contributed by atoms with E-state index in [0.29, 0.717) is 5.69 Å². The first kappa shape index (κ1) is 46.3. The molecular formula is C29H30Cl2F6N4Na2O6S2. The van der Waals surface area contributed by atoms with E-state index in [1.807, 2.05) is 0 Å². The number of hydrogen-bond acceptors (Lipinski definition) is 10. The second kappa shape index (κ2) is 17.7. The average molecular weight is 826 g/mol. The second-order valence-electron chi connectivity index (χ2n) is 11.1. The van der Waals surface area contributed by atoms with Crippen molar-refractivity contribution in [2.45, 2.75) is 45.2 Å². The van der Waals surface area contributed by atoms with Gasteiger partial charge in [-0.25, -0.2) is 16.8 Å². The number of alkyl halides is 6. The van der Waals surface area contributed by atoms with Crippen molar-refractivity contribution in [3.8, 4) is 0 Å². The summed E-state index contributed by atoms with van der Waals surface area (Å²) in [5, 5.41) is -1.13. The van der Waals surface area contributed by atoms with Crippen molar-refractivity contribution in [3.05, 3.63) is 69.5 Å². The monoisotopic (exact) mass is 824 g/mol. The van der Waals surface area contributed by atoms with Gasteiger partial charge in [0.15, 0.2) is 0 Å². The molecule has 0 saturated heterocycles. The van der Waals surface area contributed by atoms with Gasteiger partial charge in [0.05, 0.1) is 64.2 Å². The zero-order valence-electron chi connectivity index (χ0n) is 27.9. The van der Waals surface area contributed by atoms with Crippen LogP contribution >= 0.6 is 23.2 Å². The summed E-state index contributed by atoms with van der Waals surface area (Å²) in [5.41, 5.74) is -1.51. The molecule has 1 atom stereocenters. The van der Waals surface area contributed by atoms with Gasteiger partial charge >= 0.3 is 71.5 Å². The number of allylic oxidation sites excluding steroid dienone is 2. The first-order chi connectivity index (χ1) is 22.6. The van der Waals surface area contributed by atoms with Crippen LogP contribution in [-0.2, 0) is 32.6 Å². The normalized spacial score (nSPS) is 17.3. The summed E-state index contributed by atoms with van der Waals surface area (Å²) in [6.45, 7) is 3.58. The molecule has 2 heterocycles. The van der Waals surface area contributed by atoms with Crippen LogP contribution in [0.15, 0.2) is 48.3 Å². The van der Waals surface area contributed by atoms with Gasteiger partial charge in [-0.2, -0.15) is 26.3 Å². The van der Waals surface area contributed by atoms with Crippen molar-refractivity contribution in [3.63, 3.8) is 0 Å². The summed E-state index contributed by atoms with van der Waals surface area (Å²) in [7, 11) is -9.28. The summed E-state index contributed by atoms with van der Waals surface area (Å²) < 4.78 is 151. The molecule has 22 heteroatoms. The fraction of sp³-hybridized carbons (Fsp3) is 0.448. The molecule has 272 valence electrons. The maximum absolute atomic E-state index is 13.8. The molecule has 2 aliphatic heterocycles. The minimum Gasteiger partial charge on any atom is -0.748 e. The van der Waals surface area contributed by atoms with E-state index < -0.39 is 71.4 Å². The number of fused-ring (bicyclic) bond motifs is 2. The predicted octanol–water partition coefficient (Wildman–Crippen LogP) is 0.626. The number of nitrogens with zero attached hydrogens (tertiary/aromatic N) is 4. The number of rotatable bonds is 12. The molecule has 0 amide bonds. The molecule has 0 radical (unpaired) electrons. The molecular weight excluding hydrogens is 795 g/mol. The van der Waals surface area contributed by atoms with Crippen LogP contribution < -0.4 is 78.7 Å². The number of likely N-dealkylation sites (N-methyl/N-ethyl adjacent to an activating group) is 1. The van der Waals surface area contributed by atoms with E-state index in [0.717, 1.165) is 24.3 Å². The van der Waals surface area contributed by atoms with Gasteiger partial charge in [-0.1, -0.05) is 29.3 Å². The maximum Gasteiger partial charge on any atom is 1.00 e. The molecule has 2 aliphatic rings. The Labute approximate surface area is 346 Å². The molecule has 0 fully saturated rings. The topological polar surface area (TPSA) is 127 Å². The molecule has 0 aromatic heterocycles. The van der Waals surface area contributed by atoms with E-state index in [1.54, 1.807) is 29.7 Å². The van der Waals surface area contributed by atoms with Crippen molar-refractivity contribution >= 4 is 66.2 Å². The first-order valence-electron chi connectivity index (χ1n) is 14.7. The van der Waals surface area contributed by atoms with Crippen LogP contribution in [0.3, 0.4) is 0 Å². The minimum absolute atomic E-state index is 0. The van der Waals surface area contributed by atoms with Crippen LogP contribution in [0.25, 0.3) is 0 Å². The van der Waals surface area contributed by atoms with Crippen LogP contribution in [0.2, 0.25) is 10.0 Å². The summed E-state index contributed by atoms with van der Waals surface area (Å²) in [5.74, 6) is -1.26. The van der Waals surface area contributed by atoms with Crippen molar-refractivity contribution < 1.29 is 111 Å². The molecule has 0 saturated carbocycles. The molecule has 10 nitrogen and oxygen atoms in total.